The topological polar surface area (TPSA) is 118 Å². The lowest BCUT2D eigenvalue weighted by Gasteiger charge is -2.16. The summed E-state index contributed by atoms with van der Waals surface area (Å²) in [6.45, 7) is -0.356. The molecule has 2 atom stereocenters. The molecule has 0 saturated heterocycles. The number of ether oxygens (including phenoxy) is 1. The zero-order valence-electron chi connectivity index (χ0n) is 16.6. The molecule has 2 aromatic heterocycles. The van der Waals surface area contributed by atoms with E-state index in [0.717, 1.165) is 12.8 Å². The molecule has 8 nitrogen and oxygen atoms in total. The molecule has 1 saturated carbocycles. The zero-order chi connectivity index (χ0) is 21.8. The molecule has 1 aromatic carbocycles. The molecule has 0 spiro atoms. The van der Waals surface area contributed by atoms with Crippen molar-refractivity contribution in [2.75, 3.05) is 0 Å². The predicted molar refractivity (Wildman–Crippen MR) is 108 cm³/mol. The third-order valence-electron chi connectivity index (χ3n) is 5.29. The number of benzene rings is 1. The minimum atomic E-state index is -0.515. The van der Waals surface area contributed by atoms with Crippen LogP contribution in [0, 0.1) is 5.82 Å². The largest absolute Gasteiger partial charge is 0.473 e. The lowest BCUT2D eigenvalue weighted by molar-refractivity contribution is 0.0873. The smallest absolute Gasteiger partial charge is 0.253 e. The standard InChI is InChI=1S/C22H22FN3O5/c23-15-7-4-13(5-8-15)21-16(19(11-27)31-26-21)12-30-20-9-6-14(10-24-20)22(29)25-17-2-1-3-18(17)28/h4-10,17-18,27-28H,1-3,11-12H2,(H,25,29). The van der Waals surface area contributed by atoms with Gasteiger partial charge in [0.25, 0.3) is 5.91 Å². The number of aromatic nitrogens is 2. The number of carbonyl (C=O) groups excluding carboxylic acids is 1. The van der Waals surface area contributed by atoms with E-state index >= 15 is 0 Å². The molecule has 9 heteroatoms. The van der Waals surface area contributed by atoms with Crippen LogP contribution in [0.4, 0.5) is 4.39 Å². The number of halogens is 1. The van der Waals surface area contributed by atoms with E-state index in [1.54, 1.807) is 24.3 Å². The Labute approximate surface area is 177 Å². The molecule has 1 amide bonds. The van der Waals surface area contributed by atoms with Crippen molar-refractivity contribution < 1.29 is 28.7 Å². The van der Waals surface area contributed by atoms with Crippen LogP contribution in [0.3, 0.4) is 0 Å². The van der Waals surface area contributed by atoms with Crippen molar-refractivity contribution in [2.45, 2.75) is 44.6 Å². The summed E-state index contributed by atoms with van der Waals surface area (Å²) in [5.74, 6) is -0.161. The number of amides is 1. The number of rotatable bonds is 7. The Morgan fingerprint density at radius 1 is 1.23 bits per heavy atom. The van der Waals surface area contributed by atoms with E-state index in [1.165, 1.54) is 18.3 Å². The molecule has 0 bridgehead atoms. The van der Waals surface area contributed by atoms with Crippen LogP contribution in [-0.2, 0) is 13.2 Å². The van der Waals surface area contributed by atoms with Gasteiger partial charge in [-0.15, -0.1) is 0 Å². The third kappa shape index (κ3) is 4.73. The van der Waals surface area contributed by atoms with Gasteiger partial charge in [-0.1, -0.05) is 5.16 Å². The first kappa shape index (κ1) is 21.0. The Kier molecular flexibility index (Phi) is 6.24. The Hall–Kier alpha value is -3.30. The summed E-state index contributed by atoms with van der Waals surface area (Å²) in [4.78, 5) is 16.5. The van der Waals surface area contributed by atoms with Gasteiger partial charge in [-0.25, -0.2) is 9.37 Å². The Morgan fingerprint density at radius 3 is 2.68 bits per heavy atom. The van der Waals surface area contributed by atoms with Crippen LogP contribution in [0.25, 0.3) is 11.3 Å². The second kappa shape index (κ2) is 9.23. The number of carbonyl (C=O) groups is 1. The van der Waals surface area contributed by atoms with Crippen molar-refractivity contribution in [3.63, 3.8) is 0 Å². The van der Waals surface area contributed by atoms with Gasteiger partial charge in [0.1, 0.15) is 24.7 Å². The van der Waals surface area contributed by atoms with E-state index in [9.17, 15) is 19.4 Å². The fraction of sp³-hybridized carbons (Fsp3) is 0.318. The van der Waals surface area contributed by atoms with Crippen LogP contribution < -0.4 is 10.1 Å². The van der Waals surface area contributed by atoms with Crippen LogP contribution in [0.2, 0.25) is 0 Å². The van der Waals surface area contributed by atoms with Crippen LogP contribution in [0.5, 0.6) is 5.88 Å². The number of nitrogens with zero attached hydrogens (tertiary/aromatic N) is 2. The summed E-state index contributed by atoms with van der Waals surface area (Å²) in [7, 11) is 0. The van der Waals surface area contributed by atoms with Gasteiger partial charge in [0.05, 0.1) is 23.3 Å². The van der Waals surface area contributed by atoms with Gasteiger partial charge in [0.15, 0.2) is 5.76 Å². The van der Waals surface area contributed by atoms with Crippen molar-refractivity contribution in [3.05, 3.63) is 65.3 Å². The number of nitrogens with one attached hydrogen (secondary N) is 1. The molecule has 0 radical (unpaired) electrons. The number of aliphatic hydroxyl groups is 2. The van der Waals surface area contributed by atoms with E-state index in [2.05, 4.69) is 15.5 Å². The van der Waals surface area contributed by atoms with Crippen LogP contribution >= 0.6 is 0 Å². The van der Waals surface area contributed by atoms with E-state index in [-0.39, 0.29) is 42.6 Å². The van der Waals surface area contributed by atoms with Gasteiger partial charge in [-0.2, -0.15) is 0 Å². The lowest BCUT2D eigenvalue weighted by atomic mass is 10.1. The molecule has 162 valence electrons. The number of aliphatic hydroxyl groups excluding tert-OH is 2. The Bertz CT molecular complexity index is 1040. The van der Waals surface area contributed by atoms with Crippen molar-refractivity contribution >= 4 is 5.91 Å². The molecule has 4 rings (SSSR count). The molecule has 3 N–H and O–H groups in total. The maximum absolute atomic E-state index is 13.2. The Balaban J connectivity index is 1.43. The zero-order valence-corrected chi connectivity index (χ0v) is 16.6. The normalized spacial score (nSPS) is 18.2. The summed E-state index contributed by atoms with van der Waals surface area (Å²) < 4.78 is 24.1. The van der Waals surface area contributed by atoms with Crippen LogP contribution in [0.1, 0.15) is 40.9 Å². The average molecular weight is 427 g/mol. The maximum atomic E-state index is 13.2. The highest BCUT2D eigenvalue weighted by Crippen LogP contribution is 2.27. The molecule has 2 heterocycles. The molecular formula is C22H22FN3O5. The predicted octanol–water partition coefficient (Wildman–Crippen LogP) is 2.59. The second-order valence-electron chi connectivity index (χ2n) is 7.35. The van der Waals surface area contributed by atoms with Crippen LogP contribution in [-0.4, -0.2) is 38.4 Å². The highest BCUT2D eigenvalue weighted by molar-refractivity contribution is 5.94. The van der Waals surface area contributed by atoms with Gasteiger partial charge in [0, 0.05) is 17.8 Å². The number of hydrogen-bond donors (Lipinski definition) is 3. The summed E-state index contributed by atoms with van der Waals surface area (Å²) in [6, 6.07) is 8.64. The van der Waals surface area contributed by atoms with E-state index in [4.69, 9.17) is 9.26 Å². The van der Waals surface area contributed by atoms with E-state index in [1.807, 2.05) is 0 Å². The molecule has 0 aliphatic heterocycles. The first-order valence-corrected chi connectivity index (χ1v) is 9.97. The van der Waals surface area contributed by atoms with E-state index < -0.39 is 6.10 Å². The highest BCUT2D eigenvalue weighted by atomic mass is 19.1. The SMILES string of the molecule is O=C(NC1CCCC1O)c1ccc(OCc2c(-c3ccc(F)cc3)noc2CO)nc1. The minimum absolute atomic E-state index is 0.0128. The van der Waals surface area contributed by atoms with Gasteiger partial charge in [0.2, 0.25) is 5.88 Å². The van der Waals surface area contributed by atoms with Crippen molar-refractivity contribution in [1.82, 2.24) is 15.5 Å². The maximum Gasteiger partial charge on any atom is 0.253 e. The molecule has 1 aliphatic carbocycles. The first-order chi connectivity index (χ1) is 15.0. The number of pyridine rings is 1. The van der Waals surface area contributed by atoms with Gasteiger partial charge in [-0.3, -0.25) is 4.79 Å². The number of hydrogen-bond acceptors (Lipinski definition) is 7. The van der Waals surface area contributed by atoms with E-state index in [0.29, 0.717) is 28.8 Å². The monoisotopic (exact) mass is 427 g/mol. The summed E-state index contributed by atoms with van der Waals surface area (Å²) >= 11 is 0. The van der Waals surface area contributed by atoms with Gasteiger partial charge < -0.3 is 24.8 Å². The summed E-state index contributed by atoms with van der Waals surface area (Å²) in [6.07, 6.45) is 3.21. The van der Waals surface area contributed by atoms with Crippen LogP contribution in [0.15, 0.2) is 47.1 Å². The fourth-order valence-corrected chi connectivity index (χ4v) is 3.56. The quantitative estimate of drug-likeness (QED) is 0.530. The van der Waals surface area contributed by atoms with Crippen molar-refractivity contribution in [2.24, 2.45) is 0 Å². The lowest BCUT2D eigenvalue weighted by Crippen LogP contribution is -2.39. The highest BCUT2D eigenvalue weighted by Gasteiger charge is 2.27. The van der Waals surface area contributed by atoms with Gasteiger partial charge >= 0.3 is 0 Å². The average Bonchev–Trinajstić information content (AvgIpc) is 3.38. The summed E-state index contributed by atoms with van der Waals surface area (Å²) in [5, 5.41) is 26.2. The minimum Gasteiger partial charge on any atom is -0.473 e. The third-order valence-corrected chi connectivity index (χ3v) is 5.29. The second-order valence-corrected chi connectivity index (χ2v) is 7.35. The first-order valence-electron chi connectivity index (χ1n) is 9.97. The summed E-state index contributed by atoms with van der Waals surface area (Å²) in [5.41, 5.74) is 1.94. The molecule has 1 fully saturated rings. The molecule has 3 aromatic rings. The van der Waals surface area contributed by atoms with Gasteiger partial charge in [-0.05, 0) is 49.6 Å². The fourth-order valence-electron chi connectivity index (χ4n) is 3.56. The molecule has 31 heavy (non-hydrogen) atoms. The van der Waals surface area contributed by atoms with Crippen molar-refractivity contribution in [3.8, 4) is 17.1 Å². The molecule has 1 aliphatic rings. The molecular weight excluding hydrogens is 405 g/mol. The van der Waals surface area contributed by atoms with Crippen molar-refractivity contribution in [1.29, 1.82) is 0 Å². The molecule has 2 unspecified atom stereocenters. The Morgan fingerprint density at radius 2 is 2.03 bits per heavy atom.